The molecule has 0 aliphatic carbocycles. The van der Waals surface area contributed by atoms with Gasteiger partial charge in [-0.25, -0.2) is 0 Å². The van der Waals surface area contributed by atoms with Gasteiger partial charge in [-0.1, -0.05) is 30.3 Å². The number of ketones is 1. The number of hydrogen-bond donors (Lipinski definition) is 1. The molecule has 3 heteroatoms. The lowest BCUT2D eigenvalue weighted by Gasteiger charge is -1.98. The second kappa shape index (κ2) is 4.35. The Balaban J connectivity index is 1.82. The summed E-state index contributed by atoms with van der Waals surface area (Å²) in [6, 6.07) is 13.4. The number of benzene rings is 2. The molecule has 0 radical (unpaired) electrons. The van der Waals surface area contributed by atoms with Gasteiger partial charge in [0.05, 0.1) is 5.56 Å². The number of para-hydroxylation sites is 2. The third-order valence-corrected chi connectivity index (χ3v) is 3.82. The third kappa shape index (κ3) is 1.78. The summed E-state index contributed by atoms with van der Waals surface area (Å²) in [4.78, 5) is 15.6. The number of allylic oxidation sites excluding steroid dienone is 1. The van der Waals surface area contributed by atoms with Gasteiger partial charge in [-0.3, -0.25) is 4.79 Å². The molecule has 0 saturated heterocycles. The number of nitrogens with one attached hydrogen (secondary N) is 1. The number of carbonyl (C=O) groups is 1. The zero-order chi connectivity index (χ0) is 14.4. The first kappa shape index (κ1) is 12.0. The molecule has 0 spiro atoms. The van der Waals surface area contributed by atoms with Crippen LogP contribution in [-0.2, 0) is 0 Å². The molecule has 3 nitrogen and oxygen atoms in total. The highest BCUT2D eigenvalue weighted by Crippen LogP contribution is 2.32. The van der Waals surface area contributed by atoms with Crippen molar-refractivity contribution in [2.24, 2.45) is 0 Å². The quantitative estimate of drug-likeness (QED) is 0.679. The van der Waals surface area contributed by atoms with Crippen LogP contribution >= 0.6 is 0 Å². The maximum atomic E-state index is 12.3. The van der Waals surface area contributed by atoms with Crippen molar-refractivity contribution in [3.8, 4) is 5.75 Å². The van der Waals surface area contributed by atoms with Gasteiger partial charge in [0.1, 0.15) is 5.75 Å². The summed E-state index contributed by atoms with van der Waals surface area (Å²) in [5, 5.41) is 1.09. The lowest BCUT2D eigenvalue weighted by atomic mass is 10.1. The smallest absolute Gasteiger partial charge is 0.231 e. The van der Waals surface area contributed by atoms with E-state index >= 15 is 0 Å². The fourth-order valence-electron chi connectivity index (χ4n) is 2.72. The summed E-state index contributed by atoms with van der Waals surface area (Å²) in [7, 11) is 0. The summed E-state index contributed by atoms with van der Waals surface area (Å²) >= 11 is 0. The second-order valence-electron chi connectivity index (χ2n) is 5.18. The van der Waals surface area contributed by atoms with Crippen molar-refractivity contribution >= 4 is 22.8 Å². The van der Waals surface area contributed by atoms with Gasteiger partial charge >= 0.3 is 0 Å². The van der Waals surface area contributed by atoms with E-state index in [1.54, 1.807) is 12.1 Å². The van der Waals surface area contributed by atoms with Crippen molar-refractivity contribution < 1.29 is 9.53 Å². The van der Waals surface area contributed by atoms with Crippen LogP contribution in [0.15, 0.2) is 54.4 Å². The molecule has 2 heterocycles. The third-order valence-electron chi connectivity index (χ3n) is 3.82. The Morgan fingerprint density at radius 1 is 1.10 bits per heavy atom. The number of Topliss-reactive ketones (excluding diaryl/α,β-unsaturated/α-hetero) is 1. The predicted molar refractivity (Wildman–Crippen MR) is 82.4 cm³/mol. The first-order valence-corrected chi connectivity index (χ1v) is 6.84. The van der Waals surface area contributed by atoms with Gasteiger partial charge in [-0.05, 0) is 30.7 Å². The molecule has 1 aliphatic heterocycles. The van der Waals surface area contributed by atoms with Crippen LogP contribution in [0.2, 0.25) is 0 Å². The van der Waals surface area contributed by atoms with E-state index in [0.29, 0.717) is 17.1 Å². The number of rotatable bonds is 1. The Hall–Kier alpha value is -2.81. The van der Waals surface area contributed by atoms with E-state index in [1.807, 2.05) is 36.5 Å². The molecule has 4 rings (SSSR count). The van der Waals surface area contributed by atoms with E-state index in [-0.39, 0.29) is 5.78 Å². The highest BCUT2D eigenvalue weighted by atomic mass is 16.5. The number of aryl methyl sites for hydroxylation is 1. The van der Waals surface area contributed by atoms with Crippen LogP contribution in [-0.4, -0.2) is 10.8 Å². The fourth-order valence-corrected chi connectivity index (χ4v) is 2.72. The highest BCUT2D eigenvalue weighted by Gasteiger charge is 2.26. The standard InChI is InChI=1S/C18H13NO2/c1-11-5-4-7-13-12(10-19-17(11)13)9-16-18(20)14-6-2-3-8-15(14)21-16/h2-10,19H,1H3/b16-9-. The SMILES string of the molecule is Cc1cccc2c(/C=C3\Oc4ccccc4C3=O)c[nH]c12. The number of aromatic amines is 1. The van der Waals surface area contributed by atoms with Crippen LogP contribution in [0.25, 0.3) is 17.0 Å². The van der Waals surface area contributed by atoms with Crippen molar-refractivity contribution in [3.05, 3.63) is 71.1 Å². The van der Waals surface area contributed by atoms with Crippen LogP contribution in [0, 0.1) is 6.92 Å². The van der Waals surface area contributed by atoms with Gasteiger partial charge in [0.2, 0.25) is 5.78 Å². The summed E-state index contributed by atoms with van der Waals surface area (Å²) in [5.74, 6) is 0.941. The first-order chi connectivity index (χ1) is 10.2. The Morgan fingerprint density at radius 2 is 1.95 bits per heavy atom. The minimum atomic E-state index is -0.0624. The lowest BCUT2D eigenvalue weighted by molar-refractivity contribution is 0.101. The van der Waals surface area contributed by atoms with Gasteiger partial charge in [0, 0.05) is 22.7 Å². The van der Waals surface area contributed by atoms with Gasteiger partial charge in [0.25, 0.3) is 0 Å². The molecule has 0 atom stereocenters. The van der Waals surface area contributed by atoms with Gasteiger partial charge in [0.15, 0.2) is 5.76 Å². The second-order valence-corrected chi connectivity index (χ2v) is 5.18. The molecule has 0 saturated carbocycles. The molecule has 1 aliphatic rings. The molecule has 0 unspecified atom stereocenters. The predicted octanol–water partition coefficient (Wildman–Crippen LogP) is 4.09. The van der Waals surface area contributed by atoms with Crippen LogP contribution in [0.3, 0.4) is 0 Å². The van der Waals surface area contributed by atoms with E-state index in [1.165, 1.54) is 5.56 Å². The zero-order valence-electron chi connectivity index (χ0n) is 11.5. The molecule has 21 heavy (non-hydrogen) atoms. The highest BCUT2D eigenvalue weighted by molar-refractivity contribution is 6.15. The van der Waals surface area contributed by atoms with Crippen molar-refractivity contribution in [3.63, 3.8) is 0 Å². The monoisotopic (exact) mass is 275 g/mol. The number of H-pyrrole nitrogens is 1. The maximum absolute atomic E-state index is 12.3. The van der Waals surface area contributed by atoms with Crippen LogP contribution in [0.4, 0.5) is 0 Å². The molecular weight excluding hydrogens is 262 g/mol. The number of aromatic nitrogens is 1. The molecule has 0 fully saturated rings. The minimum absolute atomic E-state index is 0.0624. The van der Waals surface area contributed by atoms with Gasteiger partial charge in [-0.2, -0.15) is 0 Å². The average Bonchev–Trinajstić information content (AvgIpc) is 3.04. The van der Waals surface area contributed by atoms with Crippen molar-refractivity contribution in [2.75, 3.05) is 0 Å². The largest absolute Gasteiger partial charge is 0.452 e. The van der Waals surface area contributed by atoms with E-state index in [2.05, 4.69) is 18.0 Å². The summed E-state index contributed by atoms with van der Waals surface area (Å²) in [6.45, 7) is 2.06. The van der Waals surface area contributed by atoms with Crippen molar-refractivity contribution in [2.45, 2.75) is 6.92 Å². The van der Waals surface area contributed by atoms with E-state index in [4.69, 9.17) is 4.74 Å². The molecule has 0 bridgehead atoms. The normalized spacial score (nSPS) is 15.5. The molecular formula is C18H13NO2. The topological polar surface area (TPSA) is 42.1 Å². The summed E-state index contributed by atoms with van der Waals surface area (Å²) < 4.78 is 5.67. The molecule has 0 amide bonds. The summed E-state index contributed by atoms with van der Waals surface area (Å²) in [6.07, 6.45) is 3.71. The Morgan fingerprint density at radius 3 is 2.81 bits per heavy atom. The molecule has 102 valence electrons. The van der Waals surface area contributed by atoms with Crippen LogP contribution < -0.4 is 4.74 Å². The van der Waals surface area contributed by atoms with Crippen LogP contribution in [0.5, 0.6) is 5.75 Å². The maximum Gasteiger partial charge on any atom is 0.231 e. The number of hydrogen-bond acceptors (Lipinski definition) is 2. The molecule has 1 N–H and O–H groups in total. The Kier molecular flexibility index (Phi) is 2.48. The van der Waals surface area contributed by atoms with Crippen molar-refractivity contribution in [1.82, 2.24) is 4.98 Å². The minimum Gasteiger partial charge on any atom is -0.452 e. The zero-order valence-corrected chi connectivity index (χ0v) is 11.5. The summed E-state index contributed by atoms with van der Waals surface area (Å²) in [5.41, 5.74) is 3.86. The van der Waals surface area contributed by atoms with Gasteiger partial charge in [-0.15, -0.1) is 0 Å². The molecule has 1 aromatic heterocycles. The van der Waals surface area contributed by atoms with Crippen molar-refractivity contribution in [1.29, 1.82) is 0 Å². The van der Waals surface area contributed by atoms with E-state index < -0.39 is 0 Å². The fraction of sp³-hybridized carbons (Fsp3) is 0.0556. The number of ether oxygens (including phenoxy) is 1. The molecule has 2 aromatic carbocycles. The lowest BCUT2D eigenvalue weighted by Crippen LogP contribution is -1.97. The van der Waals surface area contributed by atoms with Gasteiger partial charge < -0.3 is 9.72 Å². The Bertz CT molecular complexity index is 902. The van der Waals surface area contributed by atoms with Crippen LogP contribution in [0.1, 0.15) is 21.5 Å². The number of fused-ring (bicyclic) bond motifs is 2. The first-order valence-electron chi connectivity index (χ1n) is 6.84. The Labute approximate surface area is 121 Å². The van der Waals surface area contributed by atoms with E-state index in [0.717, 1.165) is 16.5 Å². The van der Waals surface area contributed by atoms with E-state index in [9.17, 15) is 4.79 Å². The molecule has 3 aromatic rings. The number of carbonyl (C=O) groups excluding carboxylic acids is 1. The average molecular weight is 275 g/mol.